The van der Waals surface area contributed by atoms with Gasteiger partial charge in [-0.3, -0.25) is 29.4 Å². The molecule has 1 aromatic carbocycles. The van der Waals surface area contributed by atoms with Crippen molar-refractivity contribution < 1.29 is 29.2 Å². The fraction of sp³-hybridized carbons (Fsp3) is 0.444. The van der Waals surface area contributed by atoms with Crippen LogP contribution in [-0.4, -0.2) is 69.8 Å². The number of nitrogens with zero attached hydrogens (tertiary/aromatic N) is 3. The van der Waals surface area contributed by atoms with Gasteiger partial charge < -0.3 is 15.3 Å². The molecule has 2 aliphatic heterocycles. The number of carboxylic acid groups (broad SMARTS) is 1. The normalized spacial score (nSPS) is 16.7. The minimum Gasteiger partial charge on any atom is -0.481 e. The fourth-order valence-electron chi connectivity index (χ4n) is 3.47. The number of aliphatic carboxylic acids is 1. The highest BCUT2D eigenvalue weighted by Crippen LogP contribution is 2.26. The van der Waals surface area contributed by atoms with E-state index in [4.69, 9.17) is 5.11 Å². The Bertz CT molecular complexity index is 877. The third-order valence-corrected chi connectivity index (χ3v) is 5.13. The number of fused-ring (bicyclic) bond motifs is 1. The molecule has 4 amide bonds. The van der Waals surface area contributed by atoms with E-state index in [0.29, 0.717) is 32.4 Å². The minimum absolute atomic E-state index is 0.00883. The lowest BCUT2D eigenvalue weighted by Gasteiger charge is -2.30. The average molecular weight is 404 g/mol. The molecule has 0 bridgehead atoms. The van der Waals surface area contributed by atoms with Crippen LogP contribution in [0.5, 0.6) is 0 Å². The highest BCUT2D eigenvalue weighted by atomic mass is 16.6. The predicted molar refractivity (Wildman–Crippen MR) is 98.4 cm³/mol. The van der Waals surface area contributed by atoms with Crippen LogP contribution in [0.3, 0.4) is 0 Å². The summed E-state index contributed by atoms with van der Waals surface area (Å²) >= 11 is 0. The Balaban J connectivity index is 1.47. The Morgan fingerprint density at radius 2 is 1.83 bits per heavy atom. The smallest absolute Gasteiger partial charge is 0.317 e. The zero-order valence-electron chi connectivity index (χ0n) is 15.5. The van der Waals surface area contributed by atoms with Crippen LogP contribution in [0.2, 0.25) is 0 Å². The van der Waals surface area contributed by atoms with Crippen LogP contribution in [-0.2, 0) is 4.79 Å². The summed E-state index contributed by atoms with van der Waals surface area (Å²) < 4.78 is 0. The molecule has 1 aromatic rings. The monoisotopic (exact) mass is 404 g/mol. The predicted octanol–water partition coefficient (Wildman–Crippen LogP) is 1.09. The molecule has 11 nitrogen and oxygen atoms in total. The molecule has 3 rings (SSSR count). The summed E-state index contributed by atoms with van der Waals surface area (Å²) in [6.07, 6.45) is 1.14. The third kappa shape index (κ3) is 4.18. The number of hydrogen-bond acceptors (Lipinski definition) is 6. The van der Waals surface area contributed by atoms with Crippen LogP contribution in [0, 0.1) is 16.0 Å². The number of hydrogen-bond donors (Lipinski definition) is 2. The van der Waals surface area contributed by atoms with E-state index in [1.165, 1.54) is 12.1 Å². The summed E-state index contributed by atoms with van der Waals surface area (Å²) in [7, 11) is 0. The largest absolute Gasteiger partial charge is 0.481 e. The number of benzene rings is 1. The third-order valence-electron chi connectivity index (χ3n) is 5.13. The van der Waals surface area contributed by atoms with Gasteiger partial charge in [0, 0.05) is 38.3 Å². The first-order valence-electron chi connectivity index (χ1n) is 9.20. The van der Waals surface area contributed by atoms with Crippen LogP contribution in [0.15, 0.2) is 18.2 Å². The molecule has 1 fully saturated rings. The van der Waals surface area contributed by atoms with Gasteiger partial charge in [0.1, 0.15) is 0 Å². The summed E-state index contributed by atoms with van der Waals surface area (Å²) in [4.78, 5) is 60.6. The van der Waals surface area contributed by atoms with Gasteiger partial charge in [0.2, 0.25) is 0 Å². The summed E-state index contributed by atoms with van der Waals surface area (Å²) in [5, 5.41) is 22.5. The molecule has 2 heterocycles. The number of nitro groups is 1. The van der Waals surface area contributed by atoms with Gasteiger partial charge in [0.15, 0.2) is 0 Å². The molecule has 0 atom stereocenters. The number of piperidine rings is 1. The highest BCUT2D eigenvalue weighted by Gasteiger charge is 2.36. The summed E-state index contributed by atoms with van der Waals surface area (Å²) in [5.41, 5.74) is -0.119. The quantitative estimate of drug-likeness (QED) is 0.312. The molecule has 0 aromatic heterocycles. The standard InChI is InChI=1S/C18H20N4O7/c23-15-13-3-2-12(22(28)29)10-14(13)16(24)21(15)7-1-6-19-18(27)20-8-4-11(5-9-20)17(25)26/h2-3,10-11H,1,4-9H2,(H,19,27)(H,25,26). The summed E-state index contributed by atoms with van der Waals surface area (Å²) in [5.74, 6) is -2.38. The van der Waals surface area contributed by atoms with Crippen LogP contribution in [0.1, 0.15) is 40.0 Å². The van der Waals surface area contributed by atoms with Crippen LogP contribution in [0.4, 0.5) is 10.5 Å². The summed E-state index contributed by atoms with van der Waals surface area (Å²) in [6, 6.07) is 3.24. The van der Waals surface area contributed by atoms with Crippen molar-refractivity contribution in [2.24, 2.45) is 5.92 Å². The van der Waals surface area contributed by atoms with Gasteiger partial charge in [-0.05, 0) is 25.3 Å². The second-order valence-electron chi connectivity index (χ2n) is 6.93. The van der Waals surface area contributed by atoms with E-state index in [-0.39, 0.29) is 35.9 Å². The van der Waals surface area contributed by atoms with Gasteiger partial charge in [-0.25, -0.2) is 4.79 Å². The number of carbonyl (C=O) groups excluding carboxylic acids is 3. The Hall–Kier alpha value is -3.50. The number of likely N-dealkylation sites (tertiary alicyclic amines) is 1. The lowest BCUT2D eigenvalue weighted by Crippen LogP contribution is -2.46. The lowest BCUT2D eigenvalue weighted by atomic mass is 9.97. The lowest BCUT2D eigenvalue weighted by molar-refractivity contribution is -0.384. The molecule has 0 spiro atoms. The number of non-ortho nitro benzene ring substituents is 1. The van der Waals surface area contributed by atoms with Crippen molar-refractivity contribution in [3.8, 4) is 0 Å². The Labute approximate surface area is 165 Å². The van der Waals surface area contributed by atoms with Gasteiger partial charge in [0.25, 0.3) is 17.5 Å². The molecule has 29 heavy (non-hydrogen) atoms. The van der Waals surface area contributed by atoms with E-state index < -0.39 is 28.6 Å². The number of rotatable bonds is 6. The molecular weight excluding hydrogens is 384 g/mol. The summed E-state index contributed by atoms with van der Waals surface area (Å²) in [6.45, 7) is 1.02. The maximum absolute atomic E-state index is 12.4. The number of carboxylic acids is 1. The van der Waals surface area contributed by atoms with Crippen LogP contribution in [0.25, 0.3) is 0 Å². The molecule has 0 radical (unpaired) electrons. The van der Waals surface area contributed by atoms with Crippen molar-refractivity contribution in [2.75, 3.05) is 26.2 Å². The number of amides is 4. The van der Waals surface area contributed by atoms with E-state index in [2.05, 4.69) is 5.32 Å². The topological polar surface area (TPSA) is 150 Å². The van der Waals surface area contributed by atoms with Crippen molar-refractivity contribution in [1.29, 1.82) is 0 Å². The molecule has 0 saturated carbocycles. The molecule has 154 valence electrons. The molecular formula is C18H20N4O7. The van der Waals surface area contributed by atoms with E-state index >= 15 is 0 Å². The molecule has 11 heteroatoms. The number of carbonyl (C=O) groups is 4. The Morgan fingerprint density at radius 1 is 1.17 bits per heavy atom. The second-order valence-corrected chi connectivity index (χ2v) is 6.93. The van der Waals surface area contributed by atoms with Crippen LogP contribution >= 0.6 is 0 Å². The Kier molecular flexibility index (Phi) is 5.76. The van der Waals surface area contributed by atoms with Crippen molar-refractivity contribution in [3.05, 3.63) is 39.4 Å². The van der Waals surface area contributed by atoms with Crippen LogP contribution < -0.4 is 5.32 Å². The molecule has 2 N–H and O–H groups in total. The van der Waals surface area contributed by atoms with Gasteiger partial charge in [-0.15, -0.1) is 0 Å². The number of nitrogens with one attached hydrogen (secondary N) is 1. The van der Waals surface area contributed by atoms with Gasteiger partial charge in [-0.2, -0.15) is 0 Å². The highest BCUT2D eigenvalue weighted by molar-refractivity contribution is 6.21. The first-order valence-corrected chi connectivity index (χ1v) is 9.20. The van der Waals surface area contributed by atoms with Crippen molar-refractivity contribution in [3.63, 3.8) is 0 Å². The Morgan fingerprint density at radius 3 is 2.45 bits per heavy atom. The average Bonchev–Trinajstić information content (AvgIpc) is 2.95. The number of nitro benzene ring substituents is 1. The zero-order valence-corrected chi connectivity index (χ0v) is 15.5. The number of imide groups is 1. The SMILES string of the molecule is O=C(O)C1CCN(C(=O)NCCCN2C(=O)c3ccc([N+](=O)[O-])cc3C2=O)CC1. The van der Waals surface area contributed by atoms with Gasteiger partial charge >= 0.3 is 12.0 Å². The second kappa shape index (κ2) is 8.25. The first kappa shape index (κ1) is 20.2. The van der Waals surface area contributed by atoms with E-state index in [0.717, 1.165) is 11.0 Å². The van der Waals surface area contributed by atoms with Gasteiger partial charge in [0.05, 0.1) is 22.0 Å². The first-order chi connectivity index (χ1) is 13.8. The molecule has 1 saturated heterocycles. The van der Waals surface area contributed by atoms with E-state index in [1.54, 1.807) is 4.90 Å². The molecule has 0 aliphatic carbocycles. The zero-order chi connectivity index (χ0) is 21.1. The maximum atomic E-state index is 12.4. The number of urea groups is 1. The molecule has 2 aliphatic rings. The van der Waals surface area contributed by atoms with Crippen molar-refractivity contribution in [1.82, 2.24) is 15.1 Å². The van der Waals surface area contributed by atoms with E-state index in [9.17, 15) is 29.3 Å². The van der Waals surface area contributed by atoms with Crippen molar-refractivity contribution in [2.45, 2.75) is 19.3 Å². The van der Waals surface area contributed by atoms with E-state index in [1.807, 2.05) is 0 Å². The molecule has 0 unspecified atom stereocenters. The fourth-order valence-corrected chi connectivity index (χ4v) is 3.47. The minimum atomic E-state index is -0.851. The maximum Gasteiger partial charge on any atom is 0.317 e. The van der Waals surface area contributed by atoms with Crippen molar-refractivity contribution >= 4 is 29.5 Å². The van der Waals surface area contributed by atoms with Gasteiger partial charge in [-0.1, -0.05) is 0 Å².